The first-order valence-corrected chi connectivity index (χ1v) is 13.0. The van der Waals surface area contributed by atoms with Crippen LogP contribution >= 0.6 is 0 Å². The molecule has 1 unspecified atom stereocenters. The summed E-state index contributed by atoms with van der Waals surface area (Å²) in [6.07, 6.45) is 11.8. The van der Waals surface area contributed by atoms with Crippen LogP contribution in [0.25, 0.3) is 0 Å². The maximum atomic E-state index is 12.6. The van der Waals surface area contributed by atoms with E-state index in [9.17, 15) is 14.7 Å². The molecule has 184 valence electrons. The summed E-state index contributed by atoms with van der Waals surface area (Å²) in [5.74, 6) is 2.28. The van der Waals surface area contributed by atoms with Gasteiger partial charge in [0.05, 0.1) is 5.60 Å². The van der Waals surface area contributed by atoms with Crippen LogP contribution < -0.4 is 0 Å². The normalized spacial score (nSPS) is 19.1. The fraction of sp³-hybridized carbons (Fsp3) is 0.793. The number of hydrogen-bond acceptors (Lipinski definition) is 3. The third-order valence-electron chi connectivity index (χ3n) is 7.51. The summed E-state index contributed by atoms with van der Waals surface area (Å²) in [6, 6.07) is 0. The Morgan fingerprint density at radius 3 is 1.69 bits per heavy atom. The van der Waals surface area contributed by atoms with Crippen LogP contribution in [0, 0.1) is 17.8 Å². The van der Waals surface area contributed by atoms with Crippen LogP contribution in [0.1, 0.15) is 126 Å². The summed E-state index contributed by atoms with van der Waals surface area (Å²) in [5, 5.41) is 10.9. The molecule has 32 heavy (non-hydrogen) atoms. The zero-order valence-corrected chi connectivity index (χ0v) is 22.3. The smallest absolute Gasteiger partial charge is 0.185 e. The molecule has 0 saturated heterocycles. The molecule has 3 atom stereocenters. The molecule has 0 aliphatic heterocycles. The molecule has 1 rings (SSSR count). The molecule has 3 heteroatoms. The van der Waals surface area contributed by atoms with Crippen molar-refractivity contribution in [2.75, 3.05) is 0 Å². The molecule has 0 aromatic carbocycles. The van der Waals surface area contributed by atoms with Gasteiger partial charge < -0.3 is 5.11 Å². The number of carbonyl (C=O) groups excluding carboxylic acids is 2. The average molecular weight is 447 g/mol. The summed E-state index contributed by atoms with van der Waals surface area (Å²) < 4.78 is 0. The molecule has 1 aliphatic carbocycles. The Balaban J connectivity index is 2.32. The minimum atomic E-state index is -0.800. The van der Waals surface area contributed by atoms with Crippen molar-refractivity contribution in [1.29, 1.82) is 0 Å². The van der Waals surface area contributed by atoms with Crippen LogP contribution in [-0.2, 0) is 9.59 Å². The number of aliphatic hydroxyl groups is 1. The SMILES string of the molecule is CC1=C(C)C(=O)C(CCC(C)(O)CCC[C@H](C)CCC[C@H](C)CCCC(C)C)=C(C)C1=O. The van der Waals surface area contributed by atoms with Gasteiger partial charge in [0, 0.05) is 22.3 Å². The Kier molecular flexibility index (Phi) is 12.1. The van der Waals surface area contributed by atoms with Crippen molar-refractivity contribution in [3.8, 4) is 0 Å². The second kappa shape index (κ2) is 13.5. The van der Waals surface area contributed by atoms with Crippen LogP contribution in [-0.4, -0.2) is 22.3 Å². The molecule has 1 aliphatic rings. The van der Waals surface area contributed by atoms with E-state index in [1.165, 1.54) is 38.5 Å². The topological polar surface area (TPSA) is 54.4 Å². The highest BCUT2D eigenvalue weighted by molar-refractivity contribution is 6.24. The van der Waals surface area contributed by atoms with Gasteiger partial charge in [-0.2, -0.15) is 0 Å². The van der Waals surface area contributed by atoms with E-state index in [-0.39, 0.29) is 11.6 Å². The van der Waals surface area contributed by atoms with Gasteiger partial charge in [-0.3, -0.25) is 9.59 Å². The van der Waals surface area contributed by atoms with Crippen molar-refractivity contribution in [1.82, 2.24) is 0 Å². The lowest BCUT2D eigenvalue weighted by Crippen LogP contribution is -2.27. The third-order valence-corrected chi connectivity index (χ3v) is 7.51. The van der Waals surface area contributed by atoms with Crippen molar-refractivity contribution in [3.63, 3.8) is 0 Å². The Morgan fingerprint density at radius 2 is 1.16 bits per heavy atom. The van der Waals surface area contributed by atoms with Gasteiger partial charge in [0.2, 0.25) is 0 Å². The number of ketones is 2. The van der Waals surface area contributed by atoms with E-state index < -0.39 is 5.60 Å². The van der Waals surface area contributed by atoms with Crippen molar-refractivity contribution >= 4 is 11.6 Å². The molecule has 0 amide bonds. The molecule has 0 saturated carbocycles. The number of Topliss-reactive ketones (excluding diaryl/α,β-unsaturated/α-hetero) is 2. The van der Waals surface area contributed by atoms with E-state index in [0.29, 0.717) is 41.1 Å². The molecule has 0 heterocycles. The van der Waals surface area contributed by atoms with Crippen LogP contribution in [0.2, 0.25) is 0 Å². The molecule has 0 aromatic heterocycles. The average Bonchev–Trinajstić information content (AvgIpc) is 2.70. The Hall–Kier alpha value is -1.22. The van der Waals surface area contributed by atoms with E-state index >= 15 is 0 Å². The highest BCUT2D eigenvalue weighted by Gasteiger charge is 2.29. The van der Waals surface area contributed by atoms with Crippen molar-refractivity contribution < 1.29 is 14.7 Å². The monoisotopic (exact) mass is 446 g/mol. The lowest BCUT2D eigenvalue weighted by Gasteiger charge is -2.26. The first-order chi connectivity index (χ1) is 14.9. The lowest BCUT2D eigenvalue weighted by molar-refractivity contribution is -0.116. The van der Waals surface area contributed by atoms with Crippen LogP contribution in [0.15, 0.2) is 22.3 Å². The van der Waals surface area contributed by atoms with Gasteiger partial charge in [-0.15, -0.1) is 0 Å². The molecular formula is C29H50O3. The number of allylic oxidation sites excluding steroid dienone is 4. The first-order valence-electron chi connectivity index (χ1n) is 13.0. The highest BCUT2D eigenvalue weighted by atomic mass is 16.3. The van der Waals surface area contributed by atoms with Gasteiger partial charge >= 0.3 is 0 Å². The summed E-state index contributed by atoms with van der Waals surface area (Å²) >= 11 is 0. The van der Waals surface area contributed by atoms with Crippen LogP contribution in [0.5, 0.6) is 0 Å². The van der Waals surface area contributed by atoms with Gasteiger partial charge in [0.1, 0.15) is 0 Å². The second-order valence-corrected chi connectivity index (χ2v) is 11.4. The van der Waals surface area contributed by atoms with Crippen LogP contribution in [0.3, 0.4) is 0 Å². The molecule has 0 bridgehead atoms. The van der Waals surface area contributed by atoms with E-state index in [1.54, 1.807) is 20.8 Å². The summed E-state index contributed by atoms with van der Waals surface area (Å²) in [5.41, 5.74) is 1.46. The maximum absolute atomic E-state index is 12.6. The largest absolute Gasteiger partial charge is 0.390 e. The molecule has 1 N–H and O–H groups in total. The molecular weight excluding hydrogens is 396 g/mol. The zero-order valence-electron chi connectivity index (χ0n) is 22.3. The minimum Gasteiger partial charge on any atom is -0.390 e. The van der Waals surface area contributed by atoms with Crippen molar-refractivity contribution in [2.45, 2.75) is 132 Å². The minimum absolute atomic E-state index is 0.0255. The van der Waals surface area contributed by atoms with E-state index in [0.717, 1.165) is 31.1 Å². The molecule has 0 spiro atoms. The fourth-order valence-corrected chi connectivity index (χ4v) is 4.79. The lowest BCUT2D eigenvalue weighted by atomic mass is 9.81. The summed E-state index contributed by atoms with van der Waals surface area (Å²) in [6.45, 7) is 16.4. The molecule has 0 aromatic rings. The van der Waals surface area contributed by atoms with Gasteiger partial charge in [-0.05, 0) is 64.7 Å². The Bertz CT molecular complexity index is 693. The fourth-order valence-electron chi connectivity index (χ4n) is 4.79. The predicted molar refractivity (Wildman–Crippen MR) is 136 cm³/mol. The molecule has 0 radical (unpaired) electrons. The van der Waals surface area contributed by atoms with Crippen molar-refractivity contribution in [3.05, 3.63) is 22.3 Å². The molecule has 0 fully saturated rings. The summed E-state index contributed by atoms with van der Waals surface area (Å²) in [4.78, 5) is 24.9. The summed E-state index contributed by atoms with van der Waals surface area (Å²) in [7, 11) is 0. The van der Waals surface area contributed by atoms with E-state index in [2.05, 4.69) is 27.7 Å². The first kappa shape index (κ1) is 28.8. The van der Waals surface area contributed by atoms with E-state index in [1.807, 2.05) is 6.92 Å². The van der Waals surface area contributed by atoms with Crippen molar-refractivity contribution in [2.24, 2.45) is 17.8 Å². The standard InChI is InChI=1S/C29H50O3/c1-20(2)12-9-13-21(3)14-10-15-22(4)16-11-18-29(8,32)19-17-26-25(7)27(30)23(5)24(6)28(26)31/h20-22,32H,9-19H2,1-8H3/t21-,22-,29?/m1/s1. The predicted octanol–water partition coefficient (Wildman–Crippen LogP) is 7.76. The Labute approximate surface area is 198 Å². The van der Waals surface area contributed by atoms with Crippen LogP contribution in [0.4, 0.5) is 0 Å². The van der Waals surface area contributed by atoms with Gasteiger partial charge in [0.25, 0.3) is 0 Å². The Morgan fingerprint density at radius 1 is 0.688 bits per heavy atom. The second-order valence-electron chi connectivity index (χ2n) is 11.4. The van der Waals surface area contributed by atoms with Gasteiger partial charge in [-0.25, -0.2) is 0 Å². The number of rotatable bonds is 15. The van der Waals surface area contributed by atoms with E-state index in [4.69, 9.17) is 0 Å². The van der Waals surface area contributed by atoms with Gasteiger partial charge in [0.15, 0.2) is 11.6 Å². The number of carbonyl (C=O) groups is 2. The number of hydrogen-bond donors (Lipinski definition) is 1. The highest BCUT2D eigenvalue weighted by Crippen LogP contribution is 2.31. The quantitative estimate of drug-likeness (QED) is 0.261. The zero-order chi connectivity index (χ0) is 24.5. The maximum Gasteiger partial charge on any atom is 0.185 e. The van der Waals surface area contributed by atoms with Gasteiger partial charge in [-0.1, -0.05) is 79.1 Å². The third kappa shape index (κ3) is 9.73. The molecule has 3 nitrogen and oxygen atoms in total.